The maximum Gasteiger partial charge on any atom is 0.381 e. The van der Waals surface area contributed by atoms with Gasteiger partial charge in [0.25, 0.3) is 0 Å². The van der Waals surface area contributed by atoms with Crippen molar-refractivity contribution < 1.29 is 14.5 Å². The van der Waals surface area contributed by atoms with Crippen LogP contribution in [-0.2, 0) is 9.53 Å². The number of hydrogen-bond donors (Lipinski definition) is 0. The summed E-state index contributed by atoms with van der Waals surface area (Å²) in [6.07, 6.45) is 4.44. The summed E-state index contributed by atoms with van der Waals surface area (Å²) in [5.74, 6) is -0.425. The standard InChI is InChI=1S/C9H11N3O4/c1-16-9(13)8(6-2-3-6)11-4-7(10-5-11)12(14)15/h4-6,8H,2-3H2,1H3. The zero-order chi connectivity index (χ0) is 11.7. The first kappa shape index (κ1) is 10.6. The number of aromatic nitrogens is 2. The van der Waals surface area contributed by atoms with Crippen molar-refractivity contribution in [2.24, 2.45) is 5.92 Å². The van der Waals surface area contributed by atoms with Crippen LogP contribution in [0.25, 0.3) is 0 Å². The second-order valence-corrected chi connectivity index (χ2v) is 3.74. The minimum atomic E-state index is -0.586. The van der Waals surface area contributed by atoms with Gasteiger partial charge in [-0.15, -0.1) is 0 Å². The molecule has 0 aliphatic heterocycles. The number of rotatable bonds is 4. The normalized spacial score (nSPS) is 16.8. The van der Waals surface area contributed by atoms with Crippen LogP contribution >= 0.6 is 0 Å². The van der Waals surface area contributed by atoms with Gasteiger partial charge in [-0.1, -0.05) is 0 Å². The Labute approximate surface area is 91.2 Å². The van der Waals surface area contributed by atoms with Gasteiger partial charge in [0.1, 0.15) is 12.2 Å². The molecule has 7 nitrogen and oxygen atoms in total. The van der Waals surface area contributed by atoms with E-state index < -0.39 is 11.0 Å². The zero-order valence-electron chi connectivity index (χ0n) is 8.70. The quantitative estimate of drug-likeness (QED) is 0.432. The van der Waals surface area contributed by atoms with Gasteiger partial charge < -0.3 is 14.9 Å². The molecule has 1 fully saturated rings. The molecule has 86 valence electrons. The van der Waals surface area contributed by atoms with E-state index in [9.17, 15) is 14.9 Å². The Hall–Kier alpha value is -1.92. The van der Waals surface area contributed by atoms with E-state index in [2.05, 4.69) is 9.72 Å². The number of nitro groups is 1. The third-order valence-corrected chi connectivity index (χ3v) is 2.61. The largest absolute Gasteiger partial charge is 0.467 e. The molecule has 1 saturated carbocycles. The number of esters is 1. The lowest BCUT2D eigenvalue weighted by Gasteiger charge is -2.13. The molecule has 1 aliphatic carbocycles. The molecule has 16 heavy (non-hydrogen) atoms. The predicted molar refractivity (Wildman–Crippen MR) is 52.7 cm³/mol. The average Bonchev–Trinajstić information content (AvgIpc) is 2.95. The Morgan fingerprint density at radius 1 is 1.75 bits per heavy atom. The number of carbonyl (C=O) groups excluding carboxylic acids is 1. The number of hydrogen-bond acceptors (Lipinski definition) is 5. The number of nitrogens with zero attached hydrogens (tertiary/aromatic N) is 3. The Bertz CT molecular complexity index is 424. The van der Waals surface area contributed by atoms with Crippen molar-refractivity contribution in [2.45, 2.75) is 18.9 Å². The summed E-state index contributed by atoms with van der Waals surface area (Å²) in [5, 5.41) is 10.5. The molecule has 7 heteroatoms. The molecule has 1 aliphatic rings. The van der Waals surface area contributed by atoms with Crippen LogP contribution in [0.2, 0.25) is 0 Å². The molecule has 1 heterocycles. The van der Waals surface area contributed by atoms with Crippen molar-refractivity contribution in [1.82, 2.24) is 9.55 Å². The number of methoxy groups -OCH3 is 1. The van der Waals surface area contributed by atoms with E-state index in [1.165, 1.54) is 24.2 Å². The van der Waals surface area contributed by atoms with Crippen molar-refractivity contribution in [2.75, 3.05) is 7.11 Å². The van der Waals surface area contributed by atoms with Crippen LogP contribution in [0.4, 0.5) is 5.82 Å². The highest BCUT2D eigenvalue weighted by Gasteiger charge is 2.39. The highest BCUT2D eigenvalue weighted by atomic mass is 16.6. The third-order valence-electron chi connectivity index (χ3n) is 2.61. The minimum absolute atomic E-state index is 0.209. The lowest BCUT2D eigenvalue weighted by atomic mass is 10.2. The van der Waals surface area contributed by atoms with Gasteiger partial charge in [-0.3, -0.25) is 4.57 Å². The van der Waals surface area contributed by atoms with E-state index in [-0.39, 0.29) is 17.7 Å². The maximum absolute atomic E-state index is 11.5. The minimum Gasteiger partial charge on any atom is -0.467 e. The Kier molecular flexibility index (Phi) is 2.59. The molecule has 1 aromatic rings. The summed E-state index contributed by atoms with van der Waals surface area (Å²) in [6.45, 7) is 0. The van der Waals surface area contributed by atoms with Gasteiger partial charge in [-0.25, -0.2) is 4.79 Å². The average molecular weight is 225 g/mol. The second kappa shape index (κ2) is 3.92. The van der Waals surface area contributed by atoms with Crippen LogP contribution < -0.4 is 0 Å². The maximum atomic E-state index is 11.5. The fourth-order valence-electron chi connectivity index (χ4n) is 1.66. The highest BCUT2D eigenvalue weighted by Crippen LogP contribution is 2.40. The number of carbonyl (C=O) groups is 1. The number of imidazole rings is 1. The van der Waals surface area contributed by atoms with Crippen LogP contribution in [0.5, 0.6) is 0 Å². The van der Waals surface area contributed by atoms with Gasteiger partial charge in [0, 0.05) is 0 Å². The fourth-order valence-corrected chi connectivity index (χ4v) is 1.66. The molecule has 1 atom stereocenters. The van der Waals surface area contributed by atoms with Crippen molar-refractivity contribution in [3.05, 3.63) is 22.6 Å². The van der Waals surface area contributed by atoms with Gasteiger partial charge in [-0.2, -0.15) is 0 Å². The molecular formula is C9H11N3O4. The van der Waals surface area contributed by atoms with E-state index in [4.69, 9.17) is 0 Å². The molecule has 0 radical (unpaired) electrons. The van der Waals surface area contributed by atoms with Crippen LogP contribution in [0.3, 0.4) is 0 Å². The van der Waals surface area contributed by atoms with Crippen molar-refractivity contribution in [1.29, 1.82) is 0 Å². The number of ether oxygens (including phenoxy) is 1. The summed E-state index contributed by atoms with van der Waals surface area (Å²) in [4.78, 5) is 25.0. The third kappa shape index (κ3) is 1.88. The Morgan fingerprint density at radius 2 is 2.44 bits per heavy atom. The molecular weight excluding hydrogens is 214 g/mol. The van der Waals surface area contributed by atoms with Crippen LogP contribution in [-0.4, -0.2) is 27.6 Å². The van der Waals surface area contributed by atoms with Gasteiger partial charge in [0.05, 0.1) is 7.11 Å². The first-order chi connectivity index (χ1) is 7.63. The predicted octanol–water partition coefficient (Wildman–Crippen LogP) is 0.915. The first-order valence-electron chi connectivity index (χ1n) is 4.89. The summed E-state index contributed by atoms with van der Waals surface area (Å²) in [5.41, 5.74) is 0. The van der Waals surface area contributed by atoms with Gasteiger partial charge in [-0.05, 0) is 28.7 Å². The Balaban J connectivity index is 2.24. The van der Waals surface area contributed by atoms with E-state index in [1.54, 1.807) is 0 Å². The molecule has 0 saturated heterocycles. The summed E-state index contributed by atoms with van der Waals surface area (Å²) >= 11 is 0. The first-order valence-corrected chi connectivity index (χ1v) is 4.89. The van der Waals surface area contributed by atoms with Gasteiger partial charge in [0.15, 0.2) is 0 Å². The summed E-state index contributed by atoms with van der Waals surface area (Å²) in [7, 11) is 1.31. The van der Waals surface area contributed by atoms with Crippen LogP contribution in [0, 0.1) is 16.0 Å². The monoisotopic (exact) mass is 225 g/mol. The van der Waals surface area contributed by atoms with E-state index in [1.807, 2.05) is 0 Å². The fraction of sp³-hybridized carbons (Fsp3) is 0.556. The molecule has 0 N–H and O–H groups in total. The van der Waals surface area contributed by atoms with Crippen LogP contribution in [0.1, 0.15) is 18.9 Å². The van der Waals surface area contributed by atoms with Crippen molar-refractivity contribution in [3.63, 3.8) is 0 Å². The lowest BCUT2D eigenvalue weighted by Crippen LogP contribution is -2.21. The van der Waals surface area contributed by atoms with E-state index >= 15 is 0 Å². The molecule has 1 aromatic heterocycles. The molecule has 0 spiro atoms. The van der Waals surface area contributed by atoms with Gasteiger partial charge in [0.2, 0.25) is 6.33 Å². The second-order valence-electron chi connectivity index (χ2n) is 3.74. The smallest absolute Gasteiger partial charge is 0.381 e. The highest BCUT2D eigenvalue weighted by molar-refractivity contribution is 5.75. The summed E-state index contributed by atoms with van der Waals surface area (Å²) < 4.78 is 6.14. The topological polar surface area (TPSA) is 87.3 Å². The zero-order valence-corrected chi connectivity index (χ0v) is 8.70. The van der Waals surface area contributed by atoms with E-state index in [0.717, 1.165) is 12.8 Å². The molecule has 1 unspecified atom stereocenters. The summed E-state index contributed by atoms with van der Waals surface area (Å²) in [6, 6.07) is -0.480. The van der Waals surface area contributed by atoms with E-state index in [0.29, 0.717) is 0 Å². The molecule has 2 rings (SSSR count). The van der Waals surface area contributed by atoms with Crippen molar-refractivity contribution in [3.8, 4) is 0 Å². The lowest BCUT2D eigenvalue weighted by molar-refractivity contribution is -0.389. The van der Waals surface area contributed by atoms with Gasteiger partial charge >= 0.3 is 11.8 Å². The molecule has 0 aromatic carbocycles. The SMILES string of the molecule is COC(=O)C(C1CC1)n1cnc([N+](=O)[O-])c1. The molecule has 0 bridgehead atoms. The van der Waals surface area contributed by atoms with Crippen LogP contribution in [0.15, 0.2) is 12.5 Å². The Morgan fingerprint density at radius 3 is 2.88 bits per heavy atom. The van der Waals surface area contributed by atoms with Crippen molar-refractivity contribution >= 4 is 11.8 Å². The molecule has 0 amide bonds.